The van der Waals surface area contributed by atoms with Crippen LogP contribution in [0.4, 0.5) is 0 Å². The quantitative estimate of drug-likeness (QED) is 0.704. The molecule has 3 rings (SSSR count). The van der Waals surface area contributed by atoms with E-state index >= 15 is 0 Å². The highest BCUT2D eigenvalue weighted by Gasteiger charge is 2.03. The van der Waals surface area contributed by atoms with Gasteiger partial charge in [-0.25, -0.2) is 4.98 Å². The van der Waals surface area contributed by atoms with Crippen LogP contribution in [0.2, 0.25) is 0 Å². The van der Waals surface area contributed by atoms with E-state index in [1.165, 1.54) is 10.9 Å². The van der Waals surface area contributed by atoms with E-state index in [-0.39, 0.29) is 0 Å². The smallest absolute Gasteiger partial charge is 0.0923 e. The molecule has 0 spiro atoms. The van der Waals surface area contributed by atoms with Gasteiger partial charge in [0.2, 0.25) is 0 Å². The maximum atomic E-state index is 4.34. The third-order valence-corrected chi connectivity index (χ3v) is 2.67. The minimum absolute atomic E-state index is 0.840. The summed E-state index contributed by atoms with van der Waals surface area (Å²) in [4.78, 5) is 11.6. The molecule has 0 atom stereocenters. The molecule has 3 nitrogen and oxygen atoms in total. The molecule has 0 aliphatic rings. The molecule has 0 fully saturated rings. The number of hydrogen-bond donors (Lipinski definition) is 1. The van der Waals surface area contributed by atoms with Crippen LogP contribution in [0.3, 0.4) is 0 Å². The van der Waals surface area contributed by atoms with Crippen molar-refractivity contribution in [1.82, 2.24) is 15.0 Å². The highest BCUT2D eigenvalue weighted by atomic mass is 14.9. The van der Waals surface area contributed by atoms with Gasteiger partial charge in [0.15, 0.2) is 0 Å². The highest BCUT2D eigenvalue weighted by molar-refractivity contribution is 5.82. The number of H-pyrrole nitrogens is 1. The lowest BCUT2D eigenvalue weighted by atomic mass is 10.1. The maximum Gasteiger partial charge on any atom is 0.0923 e. The molecule has 0 unspecified atom stereocenters. The zero-order valence-electron chi connectivity index (χ0n) is 8.72. The van der Waals surface area contributed by atoms with Gasteiger partial charge in [0.1, 0.15) is 0 Å². The van der Waals surface area contributed by atoms with Crippen LogP contribution >= 0.6 is 0 Å². The lowest BCUT2D eigenvalue weighted by Gasteiger charge is -2.03. The van der Waals surface area contributed by atoms with Gasteiger partial charge in [-0.05, 0) is 17.7 Å². The molecule has 1 aromatic carbocycles. The fourth-order valence-electron chi connectivity index (χ4n) is 1.89. The minimum Gasteiger partial charge on any atom is -0.351 e. The average Bonchev–Trinajstić information content (AvgIpc) is 2.82. The Balaban J connectivity index is 2.10. The van der Waals surface area contributed by atoms with E-state index in [4.69, 9.17) is 0 Å². The number of hydrogen-bond acceptors (Lipinski definition) is 2. The SMILES string of the molecule is c1ccc2c(Cc3c[nH]cn3)ccnc2c1. The lowest BCUT2D eigenvalue weighted by molar-refractivity contribution is 1.11. The van der Waals surface area contributed by atoms with Crippen LogP contribution in [-0.2, 0) is 6.42 Å². The Bertz CT molecular complexity index is 594. The molecule has 0 radical (unpaired) electrons. The number of fused-ring (bicyclic) bond motifs is 1. The van der Waals surface area contributed by atoms with Crippen molar-refractivity contribution < 1.29 is 0 Å². The number of para-hydroxylation sites is 1. The topological polar surface area (TPSA) is 41.6 Å². The minimum atomic E-state index is 0.840. The average molecular weight is 209 g/mol. The molecular formula is C13H11N3. The molecule has 3 aromatic rings. The molecule has 16 heavy (non-hydrogen) atoms. The zero-order valence-corrected chi connectivity index (χ0v) is 8.72. The first-order valence-electron chi connectivity index (χ1n) is 5.24. The van der Waals surface area contributed by atoms with Crippen LogP contribution in [0.1, 0.15) is 11.3 Å². The van der Waals surface area contributed by atoms with E-state index in [2.05, 4.69) is 27.1 Å². The van der Waals surface area contributed by atoms with E-state index in [0.717, 1.165) is 17.6 Å². The van der Waals surface area contributed by atoms with Crippen molar-refractivity contribution in [1.29, 1.82) is 0 Å². The molecule has 0 bridgehead atoms. The van der Waals surface area contributed by atoms with Crippen molar-refractivity contribution in [2.45, 2.75) is 6.42 Å². The second-order valence-electron chi connectivity index (χ2n) is 3.72. The van der Waals surface area contributed by atoms with Gasteiger partial charge in [-0.15, -0.1) is 0 Å². The number of rotatable bonds is 2. The Morgan fingerprint density at radius 2 is 2.00 bits per heavy atom. The molecule has 0 saturated heterocycles. The summed E-state index contributed by atoms with van der Waals surface area (Å²) in [6.45, 7) is 0. The predicted molar refractivity (Wildman–Crippen MR) is 63.1 cm³/mol. The van der Waals surface area contributed by atoms with Gasteiger partial charge in [0, 0.05) is 24.2 Å². The Labute approximate surface area is 93.2 Å². The lowest BCUT2D eigenvalue weighted by Crippen LogP contribution is -1.91. The summed E-state index contributed by atoms with van der Waals surface area (Å²) < 4.78 is 0. The second kappa shape index (κ2) is 3.77. The van der Waals surface area contributed by atoms with E-state index in [1.807, 2.05) is 30.6 Å². The number of aromatic amines is 1. The standard InChI is InChI=1S/C13H11N3/c1-2-4-13-12(3-1)10(5-6-15-13)7-11-8-14-9-16-11/h1-6,8-9H,7H2,(H,14,16). The van der Waals surface area contributed by atoms with Crippen molar-refractivity contribution in [3.63, 3.8) is 0 Å². The Morgan fingerprint density at radius 3 is 2.88 bits per heavy atom. The first kappa shape index (κ1) is 9.09. The van der Waals surface area contributed by atoms with Crippen LogP contribution < -0.4 is 0 Å². The van der Waals surface area contributed by atoms with Crippen LogP contribution in [0.5, 0.6) is 0 Å². The van der Waals surface area contributed by atoms with Gasteiger partial charge in [-0.2, -0.15) is 0 Å². The van der Waals surface area contributed by atoms with Crippen molar-refractivity contribution in [2.75, 3.05) is 0 Å². The van der Waals surface area contributed by atoms with Crippen LogP contribution in [-0.4, -0.2) is 15.0 Å². The second-order valence-corrected chi connectivity index (χ2v) is 3.72. The van der Waals surface area contributed by atoms with E-state index in [1.54, 1.807) is 6.33 Å². The molecule has 1 N–H and O–H groups in total. The van der Waals surface area contributed by atoms with Gasteiger partial charge in [-0.3, -0.25) is 4.98 Å². The largest absolute Gasteiger partial charge is 0.351 e. The first-order valence-corrected chi connectivity index (χ1v) is 5.24. The molecule has 0 aliphatic heterocycles. The summed E-state index contributed by atoms with van der Waals surface area (Å²) in [5.74, 6) is 0. The van der Waals surface area contributed by atoms with Crippen LogP contribution in [0.15, 0.2) is 49.1 Å². The Morgan fingerprint density at radius 1 is 1.06 bits per heavy atom. The van der Waals surface area contributed by atoms with E-state index in [9.17, 15) is 0 Å². The summed E-state index contributed by atoms with van der Waals surface area (Å²) in [5, 5.41) is 1.20. The summed E-state index contributed by atoms with van der Waals surface area (Å²) in [6, 6.07) is 10.2. The summed E-state index contributed by atoms with van der Waals surface area (Å²) >= 11 is 0. The van der Waals surface area contributed by atoms with Gasteiger partial charge in [0.05, 0.1) is 17.5 Å². The zero-order chi connectivity index (χ0) is 10.8. The molecule has 0 saturated carbocycles. The monoisotopic (exact) mass is 209 g/mol. The molecule has 0 aliphatic carbocycles. The number of benzene rings is 1. The van der Waals surface area contributed by atoms with E-state index < -0.39 is 0 Å². The van der Waals surface area contributed by atoms with Crippen molar-refractivity contribution >= 4 is 10.9 Å². The molecular weight excluding hydrogens is 198 g/mol. The third-order valence-electron chi connectivity index (χ3n) is 2.67. The van der Waals surface area contributed by atoms with Gasteiger partial charge in [0.25, 0.3) is 0 Å². The summed E-state index contributed by atoms with van der Waals surface area (Å²) in [5.41, 5.74) is 3.35. The van der Waals surface area contributed by atoms with Crippen molar-refractivity contribution in [3.05, 3.63) is 60.3 Å². The van der Waals surface area contributed by atoms with Gasteiger partial charge in [-0.1, -0.05) is 18.2 Å². The Hall–Kier alpha value is -2.16. The van der Waals surface area contributed by atoms with Crippen molar-refractivity contribution in [2.24, 2.45) is 0 Å². The number of aromatic nitrogens is 3. The first-order chi connectivity index (χ1) is 7.93. The Kier molecular flexibility index (Phi) is 2.14. The molecule has 3 heteroatoms. The van der Waals surface area contributed by atoms with Crippen molar-refractivity contribution in [3.8, 4) is 0 Å². The third kappa shape index (κ3) is 1.56. The number of nitrogens with zero attached hydrogens (tertiary/aromatic N) is 2. The highest BCUT2D eigenvalue weighted by Crippen LogP contribution is 2.18. The van der Waals surface area contributed by atoms with E-state index in [0.29, 0.717) is 0 Å². The van der Waals surface area contributed by atoms with Gasteiger partial charge < -0.3 is 4.98 Å². The predicted octanol–water partition coefficient (Wildman–Crippen LogP) is 2.55. The normalized spacial score (nSPS) is 10.8. The molecule has 78 valence electrons. The maximum absolute atomic E-state index is 4.34. The van der Waals surface area contributed by atoms with Crippen LogP contribution in [0.25, 0.3) is 10.9 Å². The number of imidazole rings is 1. The molecule has 2 aromatic heterocycles. The number of pyridine rings is 1. The van der Waals surface area contributed by atoms with Crippen LogP contribution in [0, 0.1) is 0 Å². The van der Waals surface area contributed by atoms with Gasteiger partial charge >= 0.3 is 0 Å². The molecule has 2 heterocycles. The molecule has 0 amide bonds. The fraction of sp³-hybridized carbons (Fsp3) is 0.0769. The number of nitrogens with one attached hydrogen (secondary N) is 1. The summed E-state index contributed by atoms with van der Waals surface area (Å²) in [6.07, 6.45) is 6.32. The summed E-state index contributed by atoms with van der Waals surface area (Å²) in [7, 11) is 0. The fourth-order valence-corrected chi connectivity index (χ4v) is 1.89.